The van der Waals surface area contributed by atoms with Crippen LogP contribution in [0.3, 0.4) is 0 Å². The van der Waals surface area contributed by atoms with Crippen LogP contribution in [0.15, 0.2) is 18.2 Å². The molecular weight excluding hydrogens is 228 g/mol. The Morgan fingerprint density at radius 3 is 2.59 bits per heavy atom. The van der Waals surface area contributed by atoms with Crippen LogP contribution in [-0.2, 0) is 0 Å². The van der Waals surface area contributed by atoms with Crippen molar-refractivity contribution in [3.05, 3.63) is 29.8 Å². The number of benzene rings is 1. The van der Waals surface area contributed by atoms with Crippen molar-refractivity contribution in [2.45, 2.75) is 25.0 Å². The van der Waals surface area contributed by atoms with E-state index in [4.69, 9.17) is 4.74 Å². The molecular formula is C12H15F2NO2. The molecule has 3 nitrogen and oxygen atoms in total. The third-order valence-corrected chi connectivity index (χ3v) is 2.56. The first kappa shape index (κ1) is 12.3. The molecule has 1 aromatic carbocycles. The average molecular weight is 243 g/mol. The van der Waals surface area contributed by atoms with Gasteiger partial charge in [0.15, 0.2) is 17.4 Å². The highest BCUT2D eigenvalue weighted by atomic mass is 19.1. The molecule has 5 heteroatoms. The lowest BCUT2D eigenvalue weighted by atomic mass is 10.3. The lowest BCUT2D eigenvalue weighted by molar-refractivity contribution is 0.101. The van der Waals surface area contributed by atoms with Gasteiger partial charge in [-0.15, -0.1) is 0 Å². The van der Waals surface area contributed by atoms with Crippen molar-refractivity contribution < 1.29 is 18.6 Å². The minimum atomic E-state index is -0.769. The maximum Gasteiger partial charge on any atom is 0.190 e. The van der Waals surface area contributed by atoms with Crippen LogP contribution in [-0.4, -0.2) is 30.4 Å². The van der Waals surface area contributed by atoms with Gasteiger partial charge in [0.25, 0.3) is 0 Å². The summed E-state index contributed by atoms with van der Waals surface area (Å²) in [5.41, 5.74) is 0. The van der Waals surface area contributed by atoms with E-state index < -0.39 is 23.5 Å². The summed E-state index contributed by atoms with van der Waals surface area (Å²) in [6.45, 7) is 0.248. The molecule has 2 N–H and O–H groups in total. The Balaban J connectivity index is 1.79. The van der Waals surface area contributed by atoms with E-state index in [1.165, 1.54) is 6.07 Å². The lowest BCUT2D eigenvalue weighted by Gasteiger charge is -2.13. The Labute approximate surface area is 98.4 Å². The van der Waals surface area contributed by atoms with Crippen molar-refractivity contribution in [2.75, 3.05) is 13.2 Å². The minimum absolute atomic E-state index is 0.127. The molecule has 17 heavy (non-hydrogen) atoms. The monoisotopic (exact) mass is 243 g/mol. The molecule has 1 aliphatic carbocycles. The van der Waals surface area contributed by atoms with Crippen molar-refractivity contribution in [1.29, 1.82) is 0 Å². The fourth-order valence-corrected chi connectivity index (χ4v) is 1.45. The summed E-state index contributed by atoms with van der Waals surface area (Å²) in [6, 6.07) is 3.98. The van der Waals surface area contributed by atoms with Crippen LogP contribution in [0.25, 0.3) is 0 Å². The van der Waals surface area contributed by atoms with E-state index in [0.29, 0.717) is 12.6 Å². The van der Waals surface area contributed by atoms with Crippen LogP contribution in [0.5, 0.6) is 5.75 Å². The largest absolute Gasteiger partial charge is 0.485 e. The molecule has 1 aliphatic rings. The highest BCUT2D eigenvalue weighted by molar-refractivity contribution is 5.25. The molecule has 0 saturated heterocycles. The second-order valence-electron chi connectivity index (χ2n) is 4.20. The van der Waals surface area contributed by atoms with Gasteiger partial charge in [-0.3, -0.25) is 0 Å². The van der Waals surface area contributed by atoms with Crippen LogP contribution in [0.2, 0.25) is 0 Å². The second kappa shape index (κ2) is 5.42. The topological polar surface area (TPSA) is 41.5 Å². The number of aliphatic hydroxyl groups is 1. The number of halogens is 2. The van der Waals surface area contributed by atoms with E-state index in [9.17, 15) is 13.9 Å². The fourth-order valence-electron chi connectivity index (χ4n) is 1.45. The van der Waals surface area contributed by atoms with Crippen molar-refractivity contribution in [2.24, 2.45) is 0 Å². The van der Waals surface area contributed by atoms with E-state index in [-0.39, 0.29) is 6.61 Å². The predicted molar refractivity (Wildman–Crippen MR) is 58.9 cm³/mol. The summed E-state index contributed by atoms with van der Waals surface area (Å²) in [4.78, 5) is 0. The molecule has 1 aromatic rings. The zero-order chi connectivity index (χ0) is 12.3. The summed E-state index contributed by atoms with van der Waals surface area (Å²) in [6.07, 6.45) is 1.47. The standard InChI is InChI=1S/C12H15F2NO2/c13-10-2-1-3-11(14)12(10)17-7-9(16)6-15-8-4-5-8/h1-3,8-9,15-16H,4-7H2. The van der Waals surface area contributed by atoms with Gasteiger partial charge in [-0.2, -0.15) is 0 Å². The van der Waals surface area contributed by atoms with Gasteiger partial charge in [0.05, 0.1) is 0 Å². The maximum absolute atomic E-state index is 13.2. The number of nitrogens with one attached hydrogen (secondary N) is 1. The average Bonchev–Trinajstić information content (AvgIpc) is 3.09. The van der Waals surface area contributed by atoms with E-state index in [1.807, 2.05) is 0 Å². The van der Waals surface area contributed by atoms with Gasteiger partial charge in [0, 0.05) is 12.6 Å². The molecule has 1 saturated carbocycles. The first-order chi connectivity index (χ1) is 8.16. The van der Waals surface area contributed by atoms with Gasteiger partial charge >= 0.3 is 0 Å². The van der Waals surface area contributed by atoms with E-state index in [0.717, 1.165) is 25.0 Å². The van der Waals surface area contributed by atoms with Gasteiger partial charge in [-0.05, 0) is 25.0 Å². The number of rotatable bonds is 6. The smallest absolute Gasteiger partial charge is 0.190 e. The Kier molecular flexibility index (Phi) is 3.91. The molecule has 0 aromatic heterocycles. The normalized spacial score (nSPS) is 16.9. The molecule has 0 aliphatic heterocycles. The van der Waals surface area contributed by atoms with Crippen molar-refractivity contribution in [1.82, 2.24) is 5.32 Å². The number of hydrogen-bond donors (Lipinski definition) is 2. The Morgan fingerprint density at radius 1 is 1.35 bits per heavy atom. The SMILES string of the molecule is OC(CNC1CC1)COc1c(F)cccc1F. The van der Waals surface area contributed by atoms with E-state index >= 15 is 0 Å². The quantitative estimate of drug-likeness (QED) is 0.794. The van der Waals surface area contributed by atoms with Crippen molar-refractivity contribution >= 4 is 0 Å². The first-order valence-corrected chi connectivity index (χ1v) is 5.65. The molecule has 0 spiro atoms. The highest BCUT2D eigenvalue weighted by Crippen LogP contribution is 2.21. The van der Waals surface area contributed by atoms with E-state index in [1.54, 1.807) is 0 Å². The third kappa shape index (κ3) is 3.64. The van der Waals surface area contributed by atoms with Gasteiger partial charge in [-0.1, -0.05) is 6.07 Å². The maximum atomic E-state index is 13.2. The van der Waals surface area contributed by atoms with Crippen LogP contribution < -0.4 is 10.1 Å². The first-order valence-electron chi connectivity index (χ1n) is 5.65. The molecule has 1 fully saturated rings. The summed E-state index contributed by atoms with van der Waals surface area (Å²) < 4.78 is 31.3. The van der Waals surface area contributed by atoms with Crippen LogP contribution in [0, 0.1) is 11.6 Å². The summed E-state index contributed by atoms with van der Waals surface area (Å²) in [5.74, 6) is -1.95. The van der Waals surface area contributed by atoms with Crippen molar-refractivity contribution in [3.8, 4) is 5.75 Å². The molecule has 2 rings (SSSR count). The molecule has 94 valence electrons. The molecule has 1 atom stereocenters. The summed E-state index contributed by atoms with van der Waals surface area (Å²) in [5, 5.41) is 12.6. The predicted octanol–water partition coefficient (Wildman–Crippen LogP) is 1.46. The number of aliphatic hydroxyl groups excluding tert-OH is 1. The second-order valence-corrected chi connectivity index (χ2v) is 4.20. The zero-order valence-electron chi connectivity index (χ0n) is 9.33. The van der Waals surface area contributed by atoms with Crippen LogP contribution >= 0.6 is 0 Å². The molecule has 0 radical (unpaired) electrons. The third-order valence-electron chi connectivity index (χ3n) is 2.56. The zero-order valence-corrected chi connectivity index (χ0v) is 9.33. The number of para-hydroxylation sites is 1. The number of hydrogen-bond acceptors (Lipinski definition) is 3. The molecule has 1 unspecified atom stereocenters. The fraction of sp³-hybridized carbons (Fsp3) is 0.500. The van der Waals surface area contributed by atoms with Crippen molar-refractivity contribution in [3.63, 3.8) is 0 Å². The van der Waals surface area contributed by atoms with E-state index in [2.05, 4.69) is 5.32 Å². The van der Waals surface area contributed by atoms with Gasteiger partial charge in [0.1, 0.15) is 12.7 Å². The Hall–Kier alpha value is -1.20. The molecule has 0 heterocycles. The molecule has 0 bridgehead atoms. The van der Waals surface area contributed by atoms with Crippen LogP contribution in [0.1, 0.15) is 12.8 Å². The van der Waals surface area contributed by atoms with Gasteiger partial charge in [-0.25, -0.2) is 8.78 Å². The van der Waals surface area contributed by atoms with Crippen LogP contribution in [0.4, 0.5) is 8.78 Å². The van der Waals surface area contributed by atoms with Gasteiger partial charge < -0.3 is 15.2 Å². The summed E-state index contributed by atoms with van der Waals surface area (Å²) in [7, 11) is 0. The molecule has 0 amide bonds. The highest BCUT2D eigenvalue weighted by Gasteiger charge is 2.21. The lowest BCUT2D eigenvalue weighted by Crippen LogP contribution is -2.32. The minimum Gasteiger partial charge on any atom is -0.485 e. The summed E-state index contributed by atoms with van der Waals surface area (Å²) >= 11 is 0. The van der Waals surface area contributed by atoms with Gasteiger partial charge in [0.2, 0.25) is 0 Å². The number of ether oxygens (including phenoxy) is 1. The Morgan fingerprint density at radius 2 is 2.00 bits per heavy atom. The Bertz CT molecular complexity index is 363.